The van der Waals surface area contributed by atoms with E-state index in [-0.39, 0.29) is 17.6 Å². The zero-order valence-electron chi connectivity index (χ0n) is 15.2. The summed E-state index contributed by atoms with van der Waals surface area (Å²) in [6.07, 6.45) is 0. The number of hydrogen-bond donors (Lipinski definition) is 2. The lowest BCUT2D eigenvalue weighted by molar-refractivity contribution is -0.113. The lowest BCUT2D eigenvalue weighted by Crippen LogP contribution is -2.16. The van der Waals surface area contributed by atoms with Gasteiger partial charge < -0.3 is 10.6 Å². The summed E-state index contributed by atoms with van der Waals surface area (Å²) in [4.78, 5) is 25.7. The van der Waals surface area contributed by atoms with Crippen LogP contribution in [-0.2, 0) is 4.79 Å². The molecule has 28 heavy (non-hydrogen) atoms. The molecule has 0 fully saturated rings. The van der Waals surface area contributed by atoms with Gasteiger partial charge in [0.2, 0.25) is 5.91 Å². The van der Waals surface area contributed by atoms with Crippen LogP contribution in [0.15, 0.2) is 82.2 Å². The van der Waals surface area contributed by atoms with Crippen molar-refractivity contribution in [3.05, 3.63) is 88.4 Å². The standard InChI is InChI=1S/C22H19BrN2O2S/c1-15-10-12-16(13-11-15)24-21(26)14-28-20-9-5-2-6-17(20)22(27)25-19-8-4-3-7-18(19)23/h2-13H,14H2,1H3,(H,24,26)(H,25,27). The minimum atomic E-state index is -0.214. The minimum absolute atomic E-state index is 0.116. The summed E-state index contributed by atoms with van der Waals surface area (Å²) in [5.74, 6) is -0.114. The Labute approximate surface area is 176 Å². The second-order valence-corrected chi connectivity index (χ2v) is 8.00. The van der Waals surface area contributed by atoms with Crippen LogP contribution in [0.1, 0.15) is 15.9 Å². The van der Waals surface area contributed by atoms with Gasteiger partial charge in [0.25, 0.3) is 5.91 Å². The van der Waals surface area contributed by atoms with Crippen molar-refractivity contribution in [1.29, 1.82) is 0 Å². The lowest BCUT2D eigenvalue weighted by Gasteiger charge is -2.11. The Morgan fingerprint density at radius 2 is 1.57 bits per heavy atom. The van der Waals surface area contributed by atoms with Gasteiger partial charge >= 0.3 is 0 Å². The third kappa shape index (κ3) is 5.47. The molecule has 0 saturated carbocycles. The molecular formula is C22H19BrN2O2S. The fourth-order valence-corrected chi connectivity index (χ4v) is 3.74. The molecule has 0 aromatic heterocycles. The van der Waals surface area contributed by atoms with Gasteiger partial charge in [0.1, 0.15) is 0 Å². The molecule has 0 aliphatic carbocycles. The van der Waals surface area contributed by atoms with Gasteiger partial charge in [-0.05, 0) is 59.3 Å². The van der Waals surface area contributed by atoms with E-state index in [1.807, 2.05) is 73.7 Å². The summed E-state index contributed by atoms with van der Waals surface area (Å²) in [5, 5.41) is 5.77. The number of benzene rings is 3. The van der Waals surface area contributed by atoms with Crippen molar-refractivity contribution in [3.63, 3.8) is 0 Å². The fraction of sp³-hybridized carbons (Fsp3) is 0.0909. The number of carbonyl (C=O) groups excluding carboxylic acids is 2. The van der Waals surface area contributed by atoms with E-state index in [2.05, 4.69) is 26.6 Å². The van der Waals surface area contributed by atoms with Gasteiger partial charge in [-0.15, -0.1) is 11.8 Å². The second-order valence-electron chi connectivity index (χ2n) is 6.13. The molecule has 3 aromatic carbocycles. The molecule has 3 aromatic rings. The zero-order valence-corrected chi connectivity index (χ0v) is 17.6. The highest BCUT2D eigenvalue weighted by Crippen LogP contribution is 2.26. The van der Waals surface area contributed by atoms with Crippen LogP contribution in [0, 0.1) is 6.92 Å². The molecular weight excluding hydrogens is 436 g/mol. The third-order valence-corrected chi connectivity index (χ3v) is 5.71. The molecule has 2 N–H and O–H groups in total. The van der Waals surface area contributed by atoms with E-state index < -0.39 is 0 Å². The lowest BCUT2D eigenvalue weighted by atomic mass is 10.2. The Balaban J connectivity index is 1.65. The van der Waals surface area contributed by atoms with Crippen LogP contribution in [0.2, 0.25) is 0 Å². The summed E-state index contributed by atoms with van der Waals surface area (Å²) in [7, 11) is 0. The Hall–Kier alpha value is -2.57. The number of rotatable bonds is 6. The van der Waals surface area contributed by atoms with E-state index in [1.165, 1.54) is 11.8 Å². The van der Waals surface area contributed by atoms with E-state index in [1.54, 1.807) is 6.07 Å². The van der Waals surface area contributed by atoms with Crippen LogP contribution in [0.3, 0.4) is 0 Å². The molecule has 3 rings (SSSR count). The molecule has 6 heteroatoms. The number of aryl methyl sites for hydroxylation is 1. The van der Waals surface area contributed by atoms with Gasteiger partial charge in [-0.25, -0.2) is 0 Å². The summed E-state index contributed by atoms with van der Waals surface area (Å²) < 4.78 is 0.811. The van der Waals surface area contributed by atoms with Crippen molar-refractivity contribution in [2.45, 2.75) is 11.8 Å². The molecule has 0 aliphatic heterocycles. The maximum Gasteiger partial charge on any atom is 0.256 e. The molecule has 0 heterocycles. The van der Waals surface area contributed by atoms with E-state index in [0.717, 1.165) is 20.6 Å². The topological polar surface area (TPSA) is 58.2 Å². The van der Waals surface area contributed by atoms with Crippen LogP contribution in [0.4, 0.5) is 11.4 Å². The Kier molecular flexibility index (Phi) is 6.90. The number of hydrogen-bond acceptors (Lipinski definition) is 3. The van der Waals surface area contributed by atoms with E-state index in [0.29, 0.717) is 11.3 Å². The van der Waals surface area contributed by atoms with Gasteiger partial charge in [0.05, 0.1) is 17.0 Å². The highest BCUT2D eigenvalue weighted by atomic mass is 79.9. The Bertz CT molecular complexity index is 990. The third-order valence-electron chi connectivity index (χ3n) is 3.95. The molecule has 0 atom stereocenters. The van der Waals surface area contributed by atoms with Crippen LogP contribution >= 0.6 is 27.7 Å². The molecule has 2 amide bonds. The quantitative estimate of drug-likeness (QED) is 0.466. The number of carbonyl (C=O) groups is 2. The smallest absolute Gasteiger partial charge is 0.256 e. The second kappa shape index (κ2) is 9.57. The molecule has 0 aliphatic rings. The largest absolute Gasteiger partial charge is 0.325 e. The average Bonchev–Trinajstić information content (AvgIpc) is 2.70. The number of anilines is 2. The molecule has 142 valence electrons. The maximum absolute atomic E-state index is 12.7. The van der Waals surface area contributed by atoms with Crippen molar-refractivity contribution in [2.75, 3.05) is 16.4 Å². The van der Waals surface area contributed by atoms with Crippen LogP contribution in [-0.4, -0.2) is 17.6 Å². The average molecular weight is 455 g/mol. The van der Waals surface area contributed by atoms with Crippen LogP contribution in [0.25, 0.3) is 0 Å². The zero-order chi connectivity index (χ0) is 19.9. The summed E-state index contributed by atoms with van der Waals surface area (Å²) in [5.41, 5.74) is 3.13. The molecule has 0 unspecified atom stereocenters. The molecule has 4 nitrogen and oxygen atoms in total. The first-order chi connectivity index (χ1) is 13.5. The van der Waals surface area contributed by atoms with Crippen molar-refractivity contribution in [1.82, 2.24) is 0 Å². The summed E-state index contributed by atoms with van der Waals surface area (Å²) >= 11 is 4.76. The van der Waals surface area contributed by atoms with Gasteiger partial charge in [0.15, 0.2) is 0 Å². The monoisotopic (exact) mass is 454 g/mol. The first kappa shape index (κ1) is 20.2. The predicted molar refractivity (Wildman–Crippen MR) is 119 cm³/mol. The fourth-order valence-electron chi connectivity index (χ4n) is 2.51. The number of para-hydroxylation sites is 1. The van der Waals surface area contributed by atoms with Gasteiger partial charge in [0, 0.05) is 15.1 Å². The number of nitrogens with one attached hydrogen (secondary N) is 2. The van der Waals surface area contributed by atoms with Gasteiger partial charge in [-0.3, -0.25) is 9.59 Å². The molecule has 0 saturated heterocycles. The van der Waals surface area contributed by atoms with Gasteiger partial charge in [-0.1, -0.05) is 42.0 Å². The Morgan fingerprint density at radius 1 is 0.893 bits per heavy atom. The maximum atomic E-state index is 12.7. The van der Waals surface area contributed by atoms with Crippen molar-refractivity contribution in [3.8, 4) is 0 Å². The van der Waals surface area contributed by atoms with Crippen molar-refractivity contribution < 1.29 is 9.59 Å². The Morgan fingerprint density at radius 3 is 2.32 bits per heavy atom. The summed E-state index contributed by atoms with van der Waals surface area (Å²) in [6, 6.07) is 22.3. The van der Waals surface area contributed by atoms with E-state index in [4.69, 9.17) is 0 Å². The van der Waals surface area contributed by atoms with E-state index in [9.17, 15) is 9.59 Å². The normalized spacial score (nSPS) is 10.4. The van der Waals surface area contributed by atoms with Crippen molar-refractivity contribution in [2.24, 2.45) is 0 Å². The van der Waals surface area contributed by atoms with Crippen LogP contribution in [0.5, 0.6) is 0 Å². The molecule has 0 spiro atoms. The van der Waals surface area contributed by atoms with Gasteiger partial charge in [-0.2, -0.15) is 0 Å². The first-order valence-electron chi connectivity index (χ1n) is 8.67. The van der Waals surface area contributed by atoms with Crippen molar-refractivity contribution >= 4 is 50.9 Å². The number of amides is 2. The highest BCUT2D eigenvalue weighted by Gasteiger charge is 2.14. The van der Waals surface area contributed by atoms with Crippen LogP contribution < -0.4 is 10.6 Å². The molecule has 0 radical (unpaired) electrons. The summed E-state index contributed by atoms with van der Waals surface area (Å²) in [6.45, 7) is 2.00. The number of halogens is 1. The van der Waals surface area contributed by atoms with E-state index >= 15 is 0 Å². The predicted octanol–water partition coefficient (Wildman–Crippen LogP) is 5.74. The molecule has 0 bridgehead atoms. The number of thioether (sulfide) groups is 1. The first-order valence-corrected chi connectivity index (χ1v) is 10.4. The SMILES string of the molecule is Cc1ccc(NC(=O)CSc2ccccc2C(=O)Nc2ccccc2Br)cc1. The minimum Gasteiger partial charge on any atom is -0.325 e. The highest BCUT2D eigenvalue weighted by molar-refractivity contribution is 9.10.